The second-order valence-electron chi connectivity index (χ2n) is 8.73. The second-order valence-corrected chi connectivity index (χ2v) is 10.6. The Labute approximate surface area is 214 Å². The quantitative estimate of drug-likeness (QED) is 0.234. The molecule has 1 aliphatic rings. The van der Waals surface area contributed by atoms with Gasteiger partial charge in [-0.05, 0) is 69.4 Å². The second kappa shape index (κ2) is 7.89. The molecule has 0 spiro atoms. The predicted octanol–water partition coefficient (Wildman–Crippen LogP) is 7.25. The molecule has 4 heteroatoms. The van der Waals surface area contributed by atoms with Gasteiger partial charge in [0.15, 0.2) is 0 Å². The highest BCUT2D eigenvalue weighted by atomic mass is 79.9. The van der Waals surface area contributed by atoms with Crippen molar-refractivity contribution in [3.05, 3.63) is 152 Å². The summed E-state index contributed by atoms with van der Waals surface area (Å²) in [7, 11) is 0. The summed E-state index contributed by atoms with van der Waals surface area (Å²) in [5.41, 5.74) is 1.33. The first-order chi connectivity index (χ1) is 16.4. The molecule has 2 nitrogen and oxygen atoms in total. The van der Waals surface area contributed by atoms with Crippen LogP contribution in [0.2, 0.25) is 0 Å². The Morgan fingerprint density at radius 2 is 0.794 bits per heavy atom. The van der Waals surface area contributed by atoms with Crippen LogP contribution in [0.4, 0.5) is 0 Å². The maximum Gasteiger partial charge on any atom is 0.141 e. The highest BCUT2D eigenvalue weighted by molar-refractivity contribution is 9.10. The molecule has 5 aromatic carbocycles. The van der Waals surface area contributed by atoms with Crippen LogP contribution in [0.15, 0.2) is 118 Å². The lowest BCUT2D eigenvalue weighted by molar-refractivity contribution is 0.0750. The number of benzene rings is 5. The van der Waals surface area contributed by atoms with Gasteiger partial charge in [0.1, 0.15) is 11.2 Å². The fraction of sp³-hybridized carbons (Fsp3) is 0.0667. The average molecular weight is 572 g/mol. The van der Waals surface area contributed by atoms with Crippen molar-refractivity contribution in [3.63, 3.8) is 0 Å². The van der Waals surface area contributed by atoms with Gasteiger partial charge in [0.05, 0.1) is 0 Å². The molecule has 0 saturated heterocycles. The SMILES string of the molecule is OC1(c2ccc(Br)cc2)c2ccccc2C(O)(c2ccc(Br)cc2)c2cc3ccccc3cc21. The lowest BCUT2D eigenvalue weighted by Crippen LogP contribution is -2.44. The zero-order chi connectivity index (χ0) is 23.5. The van der Waals surface area contributed by atoms with E-state index >= 15 is 0 Å². The van der Waals surface area contributed by atoms with Gasteiger partial charge in [-0.15, -0.1) is 0 Å². The molecule has 34 heavy (non-hydrogen) atoms. The first kappa shape index (κ1) is 21.8. The Balaban J connectivity index is 1.77. The lowest BCUT2D eigenvalue weighted by Gasteiger charge is -2.45. The van der Waals surface area contributed by atoms with Crippen LogP contribution in [0.25, 0.3) is 10.8 Å². The van der Waals surface area contributed by atoms with E-state index in [9.17, 15) is 10.2 Å². The fourth-order valence-electron chi connectivity index (χ4n) is 5.25. The van der Waals surface area contributed by atoms with E-state index in [-0.39, 0.29) is 0 Å². The van der Waals surface area contributed by atoms with Gasteiger partial charge >= 0.3 is 0 Å². The molecule has 0 saturated carbocycles. The monoisotopic (exact) mass is 570 g/mol. The normalized spacial score (nSPS) is 21.2. The van der Waals surface area contributed by atoms with Crippen molar-refractivity contribution in [2.24, 2.45) is 0 Å². The summed E-state index contributed by atoms with van der Waals surface area (Å²) < 4.78 is 1.88. The molecule has 0 radical (unpaired) electrons. The van der Waals surface area contributed by atoms with Crippen molar-refractivity contribution in [1.29, 1.82) is 0 Å². The molecule has 0 aromatic heterocycles. The third-order valence-corrected chi connectivity index (χ3v) is 7.95. The van der Waals surface area contributed by atoms with E-state index in [0.717, 1.165) is 30.8 Å². The summed E-state index contributed by atoms with van der Waals surface area (Å²) in [6.07, 6.45) is 0. The number of halogens is 2. The summed E-state index contributed by atoms with van der Waals surface area (Å²) in [5, 5.41) is 27.2. The number of hydrogen-bond donors (Lipinski definition) is 2. The van der Waals surface area contributed by atoms with Crippen LogP contribution in [0, 0.1) is 0 Å². The minimum absolute atomic E-state index is 0.672. The third-order valence-electron chi connectivity index (χ3n) is 6.90. The number of fused-ring (bicyclic) bond motifs is 3. The Kier molecular flexibility index (Phi) is 5.05. The van der Waals surface area contributed by atoms with Crippen molar-refractivity contribution >= 4 is 42.6 Å². The summed E-state index contributed by atoms with van der Waals surface area (Å²) in [4.78, 5) is 0. The summed E-state index contributed by atoms with van der Waals surface area (Å²) in [5.74, 6) is 0. The van der Waals surface area contributed by atoms with Crippen LogP contribution in [0.1, 0.15) is 33.4 Å². The topological polar surface area (TPSA) is 40.5 Å². The van der Waals surface area contributed by atoms with E-state index in [1.54, 1.807) is 0 Å². The summed E-state index contributed by atoms with van der Waals surface area (Å²) in [6.45, 7) is 0. The molecule has 2 N–H and O–H groups in total. The molecule has 0 fully saturated rings. The van der Waals surface area contributed by atoms with Gasteiger partial charge in [-0.1, -0.05) is 105 Å². The minimum Gasteiger partial charge on any atom is -0.376 e. The molecule has 6 rings (SSSR count). The van der Waals surface area contributed by atoms with Gasteiger partial charge in [-0.3, -0.25) is 0 Å². The van der Waals surface area contributed by atoms with Gasteiger partial charge in [-0.2, -0.15) is 0 Å². The largest absolute Gasteiger partial charge is 0.376 e. The third kappa shape index (κ3) is 3.06. The van der Waals surface area contributed by atoms with Crippen molar-refractivity contribution in [3.8, 4) is 0 Å². The lowest BCUT2D eigenvalue weighted by atomic mass is 9.63. The Hall–Kier alpha value is -2.76. The van der Waals surface area contributed by atoms with Gasteiger partial charge < -0.3 is 10.2 Å². The molecule has 0 aliphatic heterocycles. The summed E-state index contributed by atoms with van der Waals surface area (Å²) in [6, 6.07) is 35.2. The van der Waals surface area contributed by atoms with Gasteiger partial charge in [-0.25, -0.2) is 0 Å². The van der Waals surface area contributed by atoms with Crippen LogP contribution < -0.4 is 0 Å². The van der Waals surface area contributed by atoms with Gasteiger partial charge in [0.2, 0.25) is 0 Å². The van der Waals surface area contributed by atoms with Crippen molar-refractivity contribution in [2.75, 3.05) is 0 Å². The van der Waals surface area contributed by atoms with Crippen LogP contribution in [0.5, 0.6) is 0 Å². The first-order valence-corrected chi connectivity index (χ1v) is 12.6. The maximum atomic E-state index is 12.6. The molecule has 0 bridgehead atoms. The molecule has 0 heterocycles. The van der Waals surface area contributed by atoms with Crippen LogP contribution in [0.3, 0.4) is 0 Å². The van der Waals surface area contributed by atoms with Crippen molar-refractivity contribution in [2.45, 2.75) is 11.2 Å². The maximum absolute atomic E-state index is 12.6. The Bertz CT molecular complexity index is 1430. The molecular formula is C30H20Br2O2. The molecule has 2 unspecified atom stereocenters. The Morgan fingerprint density at radius 3 is 1.18 bits per heavy atom. The molecular weight excluding hydrogens is 552 g/mol. The predicted molar refractivity (Wildman–Crippen MR) is 143 cm³/mol. The van der Waals surface area contributed by atoms with Crippen LogP contribution >= 0.6 is 31.9 Å². The highest BCUT2D eigenvalue weighted by Gasteiger charge is 2.51. The van der Waals surface area contributed by atoms with E-state index in [1.165, 1.54) is 0 Å². The van der Waals surface area contributed by atoms with Crippen LogP contribution in [-0.2, 0) is 11.2 Å². The van der Waals surface area contributed by atoms with Gasteiger partial charge in [0.25, 0.3) is 0 Å². The van der Waals surface area contributed by atoms with Gasteiger partial charge in [0, 0.05) is 20.1 Å². The first-order valence-electron chi connectivity index (χ1n) is 11.0. The summed E-state index contributed by atoms with van der Waals surface area (Å²) >= 11 is 7.02. The molecule has 1 aliphatic carbocycles. The van der Waals surface area contributed by atoms with Crippen molar-refractivity contribution < 1.29 is 10.2 Å². The van der Waals surface area contributed by atoms with E-state index < -0.39 is 11.2 Å². The average Bonchev–Trinajstić information content (AvgIpc) is 2.87. The minimum atomic E-state index is -1.43. The highest BCUT2D eigenvalue weighted by Crippen LogP contribution is 2.54. The zero-order valence-electron chi connectivity index (χ0n) is 18.0. The fourth-order valence-corrected chi connectivity index (χ4v) is 5.78. The van der Waals surface area contributed by atoms with E-state index in [4.69, 9.17) is 0 Å². The van der Waals surface area contributed by atoms with Crippen molar-refractivity contribution in [1.82, 2.24) is 0 Å². The zero-order valence-corrected chi connectivity index (χ0v) is 21.2. The standard InChI is InChI=1S/C30H20Br2O2/c31-23-13-9-21(10-14-23)29(33)25-7-3-4-8-26(25)30(34,22-11-15-24(32)16-12-22)28-18-20-6-2-1-5-19(20)17-27(28)29/h1-18,33-34H. The molecule has 0 amide bonds. The number of hydrogen-bond acceptors (Lipinski definition) is 2. The van der Waals surface area contributed by atoms with E-state index in [0.29, 0.717) is 22.3 Å². The molecule has 5 aromatic rings. The smallest absolute Gasteiger partial charge is 0.141 e. The number of rotatable bonds is 2. The Morgan fingerprint density at radius 1 is 0.441 bits per heavy atom. The van der Waals surface area contributed by atoms with E-state index in [1.807, 2.05) is 109 Å². The molecule has 166 valence electrons. The number of aliphatic hydroxyl groups is 2. The molecule has 2 atom stereocenters. The van der Waals surface area contributed by atoms with E-state index in [2.05, 4.69) is 31.9 Å². The van der Waals surface area contributed by atoms with Crippen LogP contribution in [-0.4, -0.2) is 10.2 Å².